The van der Waals surface area contributed by atoms with Gasteiger partial charge in [0.05, 0.1) is 19.2 Å². The van der Waals surface area contributed by atoms with Gasteiger partial charge in [0.2, 0.25) is 5.88 Å². The molecule has 0 atom stereocenters. The molecule has 0 unspecified atom stereocenters. The Kier molecular flexibility index (Phi) is 7.45. The lowest BCUT2D eigenvalue weighted by Crippen LogP contribution is -2.02. The lowest BCUT2D eigenvalue weighted by Gasteiger charge is -2.13. The molecule has 3 aromatic rings. The number of hydrogen-bond donors (Lipinski definition) is 1. The third kappa shape index (κ3) is 5.95. The highest BCUT2D eigenvalue weighted by atomic mass is 16.5. The van der Waals surface area contributed by atoms with Crippen LogP contribution in [0.25, 0.3) is 22.0 Å². The van der Waals surface area contributed by atoms with Crippen LogP contribution in [-0.2, 0) is 4.79 Å². The van der Waals surface area contributed by atoms with E-state index >= 15 is 0 Å². The molecule has 5 nitrogen and oxygen atoms in total. The van der Waals surface area contributed by atoms with Gasteiger partial charge in [0.1, 0.15) is 5.75 Å². The van der Waals surface area contributed by atoms with Crippen molar-refractivity contribution in [2.45, 2.75) is 38.5 Å². The highest BCUT2D eigenvalue weighted by Crippen LogP contribution is 2.33. The van der Waals surface area contributed by atoms with E-state index in [1.165, 1.54) is 0 Å². The molecule has 1 heterocycles. The van der Waals surface area contributed by atoms with E-state index in [2.05, 4.69) is 18.2 Å². The van der Waals surface area contributed by atoms with Crippen molar-refractivity contribution in [1.82, 2.24) is 4.98 Å². The third-order valence-corrected chi connectivity index (χ3v) is 4.85. The third-order valence-electron chi connectivity index (χ3n) is 4.85. The topological polar surface area (TPSA) is 68.7 Å². The van der Waals surface area contributed by atoms with Crippen molar-refractivity contribution in [1.29, 1.82) is 0 Å². The fraction of sp³-hybridized carbons (Fsp3) is 0.333. The zero-order valence-electron chi connectivity index (χ0n) is 16.8. The summed E-state index contributed by atoms with van der Waals surface area (Å²) < 4.78 is 11.4. The number of pyridine rings is 1. The molecule has 3 rings (SSSR count). The fourth-order valence-electron chi connectivity index (χ4n) is 3.27. The second kappa shape index (κ2) is 10.5. The number of hydrogen-bond acceptors (Lipinski definition) is 4. The fourth-order valence-corrected chi connectivity index (χ4v) is 3.27. The first-order valence-corrected chi connectivity index (χ1v) is 10.1. The molecule has 0 spiro atoms. The molecule has 0 aliphatic heterocycles. The van der Waals surface area contributed by atoms with E-state index in [0.717, 1.165) is 59.9 Å². The van der Waals surface area contributed by atoms with Crippen LogP contribution >= 0.6 is 0 Å². The molecule has 0 saturated carbocycles. The zero-order valence-corrected chi connectivity index (χ0v) is 16.8. The number of benzene rings is 2. The van der Waals surface area contributed by atoms with Crippen LogP contribution in [0.1, 0.15) is 38.5 Å². The number of aliphatic carboxylic acids is 1. The SMILES string of the molecule is COc1ccc2cc(-c3ccccc3)c(OCCCCCCCC(=O)O)nc2c1. The minimum absolute atomic E-state index is 0.251. The molecule has 29 heavy (non-hydrogen) atoms. The molecular weight excluding hydrogens is 366 g/mol. The molecule has 2 aromatic carbocycles. The first-order valence-electron chi connectivity index (χ1n) is 10.1. The number of methoxy groups -OCH3 is 1. The van der Waals surface area contributed by atoms with E-state index in [4.69, 9.17) is 19.6 Å². The van der Waals surface area contributed by atoms with E-state index < -0.39 is 5.97 Å². The Morgan fingerprint density at radius 1 is 0.966 bits per heavy atom. The van der Waals surface area contributed by atoms with E-state index in [0.29, 0.717) is 12.5 Å². The summed E-state index contributed by atoms with van der Waals surface area (Å²) in [4.78, 5) is 15.3. The summed E-state index contributed by atoms with van der Waals surface area (Å²) in [6, 6.07) is 18.1. The standard InChI is InChI=1S/C24H27NO4/c1-28-20-14-13-19-16-21(18-10-6-5-7-11-18)24(25-22(19)17-20)29-15-9-4-2-3-8-12-23(26)27/h5-7,10-11,13-14,16-17H,2-4,8-9,12,15H2,1H3,(H,26,27). The molecule has 1 aromatic heterocycles. The van der Waals surface area contributed by atoms with Gasteiger partial charge in [-0.3, -0.25) is 4.79 Å². The first-order chi connectivity index (χ1) is 14.2. The van der Waals surface area contributed by atoms with Crippen molar-refractivity contribution < 1.29 is 19.4 Å². The summed E-state index contributed by atoms with van der Waals surface area (Å²) in [5.41, 5.74) is 2.89. The zero-order chi connectivity index (χ0) is 20.5. The van der Waals surface area contributed by atoms with Crippen molar-refractivity contribution in [3.8, 4) is 22.8 Å². The van der Waals surface area contributed by atoms with Crippen LogP contribution in [0.2, 0.25) is 0 Å². The average Bonchev–Trinajstić information content (AvgIpc) is 2.75. The number of unbranched alkanes of at least 4 members (excludes halogenated alkanes) is 4. The number of carbonyl (C=O) groups is 1. The molecule has 0 saturated heterocycles. The number of nitrogens with zero attached hydrogens (tertiary/aromatic N) is 1. The Morgan fingerprint density at radius 2 is 1.72 bits per heavy atom. The van der Waals surface area contributed by atoms with E-state index in [-0.39, 0.29) is 6.42 Å². The molecular formula is C24H27NO4. The van der Waals surface area contributed by atoms with Crippen LogP contribution in [0.3, 0.4) is 0 Å². The normalized spacial score (nSPS) is 10.8. The summed E-state index contributed by atoms with van der Waals surface area (Å²) in [6.45, 7) is 0.585. The lowest BCUT2D eigenvalue weighted by atomic mass is 10.0. The highest BCUT2D eigenvalue weighted by molar-refractivity contribution is 5.87. The summed E-state index contributed by atoms with van der Waals surface area (Å²) >= 11 is 0. The summed E-state index contributed by atoms with van der Waals surface area (Å²) in [5.74, 6) is 0.674. The Balaban J connectivity index is 1.68. The molecule has 0 amide bonds. The largest absolute Gasteiger partial charge is 0.497 e. The maximum absolute atomic E-state index is 10.5. The predicted octanol–water partition coefficient (Wildman–Crippen LogP) is 5.71. The first kappa shape index (κ1) is 20.6. The highest BCUT2D eigenvalue weighted by Gasteiger charge is 2.11. The van der Waals surface area contributed by atoms with Gasteiger partial charge in [-0.1, -0.05) is 49.6 Å². The summed E-state index contributed by atoms with van der Waals surface area (Å²) in [6.07, 6.45) is 4.88. The van der Waals surface area contributed by atoms with Gasteiger partial charge in [0.25, 0.3) is 0 Å². The van der Waals surface area contributed by atoms with Gasteiger partial charge in [0, 0.05) is 23.4 Å². The molecule has 0 fully saturated rings. The molecule has 0 aliphatic carbocycles. The smallest absolute Gasteiger partial charge is 0.303 e. The summed E-state index contributed by atoms with van der Waals surface area (Å²) in [5, 5.41) is 9.71. The van der Waals surface area contributed by atoms with Crippen molar-refractivity contribution in [2.24, 2.45) is 0 Å². The average molecular weight is 393 g/mol. The Bertz CT molecular complexity index is 940. The molecule has 152 valence electrons. The second-order valence-electron chi connectivity index (χ2n) is 7.03. The van der Waals surface area contributed by atoms with Gasteiger partial charge >= 0.3 is 5.97 Å². The minimum Gasteiger partial charge on any atom is -0.497 e. The maximum Gasteiger partial charge on any atom is 0.303 e. The lowest BCUT2D eigenvalue weighted by molar-refractivity contribution is -0.137. The molecule has 5 heteroatoms. The van der Waals surface area contributed by atoms with Crippen LogP contribution in [-0.4, -0.2) is 29.8 Å². The number of aromatic nitrogens is 1. The number of carboxylic acid groups (broad SMARTS) is 1. The van der Waals surface area contributed by atoms with Gasteiger partial charge in [-0.15, -0.1) is 0 Å². The maximum atomic E-state index is 10.5. The molecule has 0 bridgehead atoms. The van der Waals surface area contributed by atoms with Crippen LogP contribution in [0.5, 0.6) is 11.6 Å². The van der Waals surface area contributed by atoms with E-state index in [1.807, 2.05) is 36.4 Å². The van der Waals surface area contributed by atoms with E-state index in [1.54, 1.807) is 7.11 Å². The molecule has 0 radical (unpaired) electrons. The molecule has 1 N–H and O–H groups in total. The van der Waals surface area contributed by atoms with Crippen LogP contribution in [0, 0.1) is 0 Å². The van der Waals surface area contributed by atoms with Crippen molar-refractivity contribution in [3.05, 3.63) is 54.6 Å². The van der Waals surface area contributed by atoms with Gasteiger partial charge in [-0.25, -0.2) is 4.98 Å². The number of rotatable bonds is 11. The van der Waals surface area contributed by atoms with Crippen LogP contribution in [0.4, 0.5) is 0 Å². The second-order valence-corrected chi connectivity index (χ2v) is 7.03. The minimum atomic E-state index is -0.721. The van der Waals surface area contributed by atoms with Gasteiger partial charge < -0.3 is 14.6 Å². The number of fused-ring (bicyclic) bond motifs is 1. The van der Waals surface area contributed by atoms with Gasteiger partial charge in [-0.2, -0.15) is 0 Å². The number of ether oxygens (including phenoxy) is 2. The van der Waals surface area contributed by atoms with Crippen molar-refractivity contribution >= 4 is 16.9 Å². The Hall–Kier alpha value is -3.08. The number of carboxylic acids is 1. The van der Waals surface area contributed by atoms with Gasteiger partial charge in [0.15, 0.2) is 0 Å². The predicted molar refractivity (Wildman–Crippen MR) is 115 cm³/mol. The molecule has 0 aliphatic rings. The Morgan fingerprint density at radius 3 is 2.48 bits per heavy atom. The van der Waals surface area contributed by atoms with Crippen molar-refractivity contribution in [2.75, 3.05) is 13.7 Å². The van der Waals surface area contributed by atoms with Crippen LogP contribution in [0.15, 0.2) is 54.6 Å². The van der Waals surface area contributed by atoms with Crippen LogP contribution < -0.4 is 9.47 Å². The van der Waals surface area contributed by atoms with Crippen molar-refractivity contribution in [3.63, 3.8) is 0 Å². The Labute approximate surface area is 171 Å². The van der Waals surface area contributed by atoms with Gasteiger partial charge in [-0.05, 0) is 36.6 Å². The summed E-state index contributed by atoms with van der Waals surface area (Å²) in [7, 11) is 1.65. The quantitative estimate of drug-likeness (QED) is 0.422. The monoisotopic (exact) mass is 393 g/mol. The van der Waals surface area contributed by atoms with E-state index in [9.17, 15) is 4.79 Å².